The third-order valence-corrected chi connectivity index (χ3v) is 5.25. The monoisotopic (exact) mass is 327 g/mol. The third-order valence-electron chi connectivity index (χ3n) is 3.25. The smallest absolute Gasteiger partial charge is 0.0314 e. The Kier molecular flexibility index (Phi) is 5.58. The molecule has 1 fully saturated rings. The van der Waals surface area contributed by atoms with E-state index in [1.54, 1.807) is 0 Å². The average molecular weight is 328 g/mol. The lowest BCUT2D eigenvalue weighted by atomic mass is 9.98. The molecule has 1 saturated heterocycles. The van der Waals surface area contributed by atoms with Crippen LogP contribution in [0.3, 0.4) is 0 Å². The molecule has 100 valence electrons. The summed E-state index contributed by atoms with van der Waals surface area (Å²) in [5, 5.41) is 4.24. The summed E-state index contributed by atoms with van der Waals surface area (Å²) in [4.78, 5) is 1.35. The lowest BCUT2D eigenvalue weighted by Crippen LogP contribution is -2.35. The van der Waals surface area contributed by atoms with Crippen LogP contribution in [0.1, 0.15) is 38.7 Å². The fraction of sp³-hybridized carbons (Fsp3) is 0.600. The van der Waals surface area contributed by atoms with Crippen molar-refractivity contribution in [2.75, 3.05) is 6.54 Å². The Bertz CT molecular complexity index is 386. The number of hydrogen-bond acceptors (Lipinski definition) is 2. The number of benzene rings is 1. The SMILES string of the molecule is CC(C)Sc1ccc(CC2CCCCN2)cc1Br. The second kappa shape index (κ2) is 6.97. The number of thioether (sulfide) groups is 1. The molecule has 1 aliphatic heterocycles. The minimum Gasteiger partial charge on any atom is -0.314 e. The highest BCUT2D eigenvalue weighted by molar-refractivity contribution is 9.10. The molecule has 0 radical (unpaired) electrons. The zero-order valence-electron chi connectivity index (χ0n) is 11.2. The molecule has 0 amide bonds. The highest BCUT2D eigenvalue weighted by Gasteiger charge is 2.13. The Morgan fingerprint density at radius 3 is 2.83 bits per heavy atom. The Balaban J connectivity index is 1.99. The molecule has 0 spiro atoms. The molecule has 0 aliphatic carbocycles. The van der Waals surface area contributed by atoms with E-state index in [0.717, 1.165) is 6.42 Å². The van der Waals surface area contributed by atoms with Gasteiger partial charge in [-0.3, -0.25) is 0 Å². The van der Waals surface area contributed by atoms with Gasteiger partial charge in [0.1, 0.15) is 0 Å². The van der Waals surface area contributed by atoms with Crippen LogP contribution < -0.4 is 5.32 Å². The molecule has 1 aliphatic rings. The highest BCUT2D eigenvalue weighted by Crippen LogP contribution is 2.31. The maximum atomic E-state index is 3.70. The van der Waals surface area contributed by atoms with E-state index in [1.165, 1.54) is 40.7 Å². The third kappa shape index (κ3) is 4.29. The van der Waals surface area contributed by atoms with Crippen molar-refractivity contribution in [3.05, 3.63) is 28.2 Å². The number of nitrogens with one attached hydrogen (secondary N) is 1. The van der Waals surface area contributed by atoms with Crippen LogP contribution in [0.4, 0.5) is 0 Å². The summed E-state index contributed by atoms with van der Waals surface area (Å²) in [6.45, 7) is 5.65. The molecule has 1 aromatic rings. The van der Waals surface area contributed by atoms with E-state index in [9.17, 15) is 0 Å². The van der Waals surface area contributed by atoms with Gasteiger partial charge in [-0.05, 0) is 59.4 Å². The molecular weight excluding hydrogens is 306 g/mol. The largest absolute Gasteiger partial charge is 0.314 e. The Morgan fingerprint density at radius 1 is 1.39 bits per heavy atom. The maximum absolute atomic E-state index is 3.70. The summed E-state index contributed by atoms with van der Waals surface area (Å²) in [6.07, 6.45) is 5.19. The van der Waals surface area contributed by atoms with Gasteiger partial charge in [0.25, 0.3) is 0 Å². The molecule has 1 nitrogen and oxygen atoms in total. The highest BCUT2D eigenvalue weighted by atomic mass is 79.9. The maximum Gasteiger partial charge on any atom is 0.0314 e. The van der Waals surface area contributed by atoms with Crippen LogP contribution in [0.15, 0.2) is 27.6 Å². The van der Waals surface area contributed by atoms with E-state index in [-0.39, 0.29) is 0 Å². The van der Waals surface area contributed by atoms with Crippen LogP contribution in [-0.2, 0) is 6.42 Å². The van der Waals surface area contributed by atoms with Crippen molar-refractivity contribution in [2.24, 2.45) is 0 Å². The first-order chi connectivity index (χ1) is 8.65. The lowest BCUT2D eigenvalue weighted by Gasteiger charge is -2.23. The van der Waals surface area contributed by atoms with Gasteiger partial charge in [0.05, 0.1) is 0 Å². The lowest BCUT2D eigenvalue weighted by molar-refractivity contribution is 0.399. The van der Waals surface area contributed by atoms with Crippen LogP contribution in [0, 0.1) is 0 Å². The van der Waals surface area contributed by atoms with Gasteiger partial charge in [-0.25, -0.2) is 0 Å². The molecular formula is C15H22BrNS. The van der Waals surface area contributed by atoms with Crippen molar-refractivity contribution in [3.8, 4) is 0 Å². The summed E-state index contributed by atoms with van der Waals surface area (Å²) in [6, 6.07) is 7.51. The molecule has 0 bridgehead atoms. The molecule has 2 rings (SSSR count). The van der Waals surface area contributed by atoms with Gasteiger partial charge in [0.2, 0.25) is 0 Å². The standard InChI is InChI=1S/C15H22BrNS/c1-11(2)18-15-7-6-12(10-14(15)16)9-13-5-3-4-8-17-13/h6-7,10-11,13,17H,3-5,8-9H2,1-2H3. The minimum atomic E-state index is 0.632. The normalized spacial score (nSPS) is 20.3. The van der Waals surface area contributed by atoms with Gasteiger partial charge in [-0.15, -0.1) is 11.8 Å². The van der Waals surface area contributed by atoms with Gasteiger partial charge < -0.3 is 5.32 Å². The summed E-state index contributed by atoms with van der Waals surface area (Å²) >= 11 is 5.62. The van der Waals surface area contributed by atoms with E-state index in [0.29, 0.717) is 11.3 Å². The van der Waals surface area contributed by atoms with Crippen molar-refractivity contribution in [1.82, 2.24) is 5.32 Å². The van der Waals surface area contributed by atoms with Gasteiger partial charge in [0, 0.05) is 20.7 Å². The fourth-order valence-electron chi connectivity index (χ4n) is 2.40. The first kappa shape index (κ1) is 14.4. The molecule has 1 atom stereocenters. The van der Waals surface area contributed by atoms with E-state index in [1.807, 2.05) is 11.8 Å². The van der Waals surface area contributed by atoms with Crippen molar-refractivity contribution in [3.63, 3.8) is 0 Å². The van der Waals surface area contributed by atoms with Crippen LogP contribution in [0.25, 0.3) is 0 Å². The summed E-state index contributed by atoms with van der Waals surface area (Å²) < 4.78 is 1.24. The number of rotatable bonds is 4. The number of halogens is 1. The summed E-state index contributed by atoms with van der Waals surface area (Å²) in [7, 11) is 0. The van der Waals surface area contributed by atoms with Crippen LogP contribution in [0.5, 0.6) is 0 Å². The fourth-order valence-corrected chi connectivity index (χ4v) is 3.94. The first-order valence-electron chi connectivity index (χ1n) is 6.83. The van der Waals surface area contributed by atoms with E-state index >= 15 is 0 Å². The number of hydrogen-bond donors (Lipinski definition) is 1. The van der Waals surface area contributed by atoms with Gasteiger partial charge in [-0.2, -0.15) is 0 Å². The molecule has 0 saturated carbocycles. The van der Waals surface area contributed by atoms with Gasteiger partial charge in [0.15, 0.2) is 0 Å². The number of piperidine rings is 1. The zero-order valence-corrected chi connectivity index (χ0v) is 13.6. The predicted molar refractivity (Wildman–Crippen MR) is 84.5 cm³/mol. The van der Waals surface area contributed by atoms with Gasteiger partial charge in [-0.1, -0.05) is 26.3 Å². The topological polar surface area (TPSA) is 12.0 Å². The second-order valence-corrected chi connectivity index (χ2v) is 7.76. The molecule has 1 N–H and O–H groups in total. The summed E-state index contributed by atoms with van der Waals surface area (Å²) in [5.74, 6) is 0. The molecule has 18 heavy (non-hydrogen) atoms. The van der Waals surface area contributed by atoms with E-state index in [4.69, 9.17) is 0 Å². The van der Waals surface area contributed by atoms with Crippen molar-refractivity contribution in [1.29, 1.82) is 0 Å². The van der Waals surface area contributed by atoms with E-state index in [2.05, 4.69) is 53.3 Å². The Hall–Kier alpha value is 0.01000. The Labute approximate surface area is 123 Å². The molecule has 1 heterocycles. The van der Waals surface area contributed by atoms with Crippen molar-refractivity contribution in [2.45, 2.75) is 55.7 Å². The minimum absolute atomic E-state index is 0.632. The summed E-state index contributed by atoms with van der Waals surface area (Å²) in [5.41, 5.74) is 1.44. The van der Waals surface area contributed by atoms with Crippen LogP contribution >= 0.6 is 27.7 Å². The van der Waals surface area contributed by atoms with Crippen LogP contribution in [-0.4, -0.2) is 17.8 Å². The van der Waals surface area contributed by atoms with Crippen molar-refractivity contribution < 1.29 is 0 Å². The first-order valence-corrected chi connectivity index (χ1v) is 8.51. The quantitative estimate of drug-likeness (QED) is 0.809. The van der Waals surface area contributed by atoms with Crippen molar-refractivity contribution >= 4 is 27.7 Å². The molecule has 1 aromatic carbocycles. The molecule has 3 heteroatoms. The van der Waals surface area contributed by atoms with E-state index < -0.39 is 0 Å². The molecule has 0 aromatic heterocycles. The van der Waals surface area contributed by atoms with Gasteiger partial charge >= 0.3 is 0 Å². The molecule has 1 unspecified atom stereocenters. The Morgan fingerprint density at radius 2 is 2.22 bits per heavy atom. The zero-order chi connectivity index (χ0) is 13.0. The van der Waals surface area contributed by atoms with Crippen LogP contribution in [0.2, 0.25) is 0 Å². The second-order valence-electron chi connectivity index (χ2n) is 5.28. The predicted octanol–water partition coefficient (Wildman–Crippen LogP) is 4.63. The average Bonchev–Trinajstić information content (AvgIpc) is 2.33.